The molecule has 0 aliphatic carbocycles. The van der Waals surface area contributed by atoms with E-state index in [1.807, 2.05) is 0 Å². The molecule has 24 heavy (non-hydrogen) atoms. The van der Waals surface area contributed by atoms with Crippen molar-refractivity contribution in [3.05, 3.63) is 35.6 Å². The molecule has 134 valence electrons. The number of nitrogens with two attached hydrogens (primary N) is 1. The van der Waals surface area contributed by atoms with Gasteiger partial charge in [0.1, 0.15) is 11.9 Å². The number of amides is 1. The molecule has 0 spiro atoms. The average Bonchev–Trinajstić information content (AvgIpc) is 2.49. The fourth-order valence-electron chi connectivity index (χ4n) is 3.35. The highest BCUT2D eigenvalue weighted by Gasteiger charge is 2.26. The number of carbonyl (C=O) groups is 1. The zero-order valence-electron chi connectivity index (χ0n) is 14.5. The molecule has 1 aliphatic heterocycles. The fourth-order valence-corrected chi connectivity index (χ4v) is 3.35. The summed E-state index contributed by atoms with van der Waals surface area (Å²) in [5.41, 5.74) is 6.00. The van der Waals surface area contributed by atoms with Crippen LogP contribution in [0.4, 0.5) is 4.39 Å². The van der Waals surface area contributed by atoms with Crippen LogP contribution in [0.2, 0.25) is 0 Å². The Morgan fingerprint density at radius 1 is 1.46 bits per heavy atom. The van der Waals surface area contributed by atoms with Crippen molar-refractivity contribution in [3.63, 3.8) is 0 Å². The van der Waals surface area contributed by atoms with Crippen molar-refractivity contribution in [1.82, 2.24) is 9.80 Å². The monoisotopic (exact) mass is 337 g/mol. The summed E-state index contributed by atoms with van der Waals surface area (Å²) < 4.78 is 13.4. The molecular formula is C18H28FN3O2. The highest BCUT2D eigenvalue weighted by Crippen LogP contribution is 2.21. The summed E-state index contributed by atoms with van der Waals surface area (Å²) in [5, 5.41) is 10.4. The van der Waals surface area contributed by atoms with E-state index in [4.69, 9.17) is 5.73 Å². The maximum absolute atomic E-state index is 13.4. The number of primary amides is 1. The smallest absolute Gasteiger partial charge is 0.239 e. The van der Waals surface area contributed by atoms with Crippen molar-refractivity contribution in [2.45, 2.75) is 31.9 Å². The second-order valence-electron chi connectivity index (χ2n) is 6.94. The number of likely N-dealkylation sites (N-methyl/N-ethyl adjacent to an activating group) is 1. The summed E-state index contributed by atoms with van der Waals surface area (Å²) in [6, 6.07) is 5.11. The molecule has 1 aromatic rings. The zero-order chi connectivity index (χ0) is 17.7. The maximum Gasteiger partial charge on any atom is 0.239 e. The lowest BCUT2D eigenvalue weighted by atomic mass is 9.99. The van der Waals surface area contributed by atoms with E-state index in [1.165, 1.54) is 12.1 Å². The minimum atomic E-state index is -0.753. The lowest BCUT2D eigenvalue weighted by Gasteiger charge is -2.33. The van der Waals surface area contributed by atoms with Gasteiger partial charge in [0.2, 0.25) is 5.91 Å². The van der Waals surface area contributed by atoms with Gasteiger partial charge in [-0.25, -0.2) is 4.39 Å². The number of piperidine rings is 1. The molecule has 1 saturated heterocycles. The first-order valence-corrected chi connectivity index (χ1v) is 8.52. The van der Waals surface area contributed by atoms with Gasteiger partial charge in [-0.05, 0) is 56.6 Å². The van der Waals surface area contributed by atoms with Crippen LogP contribution in [0.3, 0.4) is 0 Å². The Bertz CT molecular complexity index is 547. The van der Waals surface area contributed by atoms with Crippen molar-refractivity contribution < 1.29 is 14.3 Å². The third kappa shape index (κ3) is 5.26. The van der Waals surface area contributed by atoms with Crippen molar-refractivity contribution >= 4 is 5.91 Å². The van der Waals surface area contributed by atoms with Gasteiger partial charge < -0.3 is 15.7 Å². The zero-order valence-corrected chi connectivity index (χ0v) is 14.5. The minimum Gasteiger partial charge on any atom is -0.390 e. The van der Waals surface area contributed by atoms with Gasteiger partial charge >= 0.3 is 0 Å². The molecule has 0 saturated carbocycles. The van der Waals surface area contributed by atoms with E-state index in [2.05, 4.69) is 11.8 Å². The lowest BCUT2D eigenvalue weighted by Crippen LogP contribution is -2.45. The van der Waals surface area contributed by atoms with Crippen LogP contribution in [0.5, 0.6) is 0 Å². The predicted octanol–water partition coefficient (Wildman–Crippen LogP) is 1.38. The molecule has 2 atom stereocenters. The molecule has 3 N–H and O–H groups in total. The topological polar surface area (TPSA) is 69.8 Å². The van der Waals surface area contributed by atoms with Crippen LogP contribution < -0.4 is 5.73 Å². The van der Waals surface area contributed by atoms with Crippen molar-refractivity contribution in [3.8, 4) is 0 Å². The van der Waals surface area contributed by atoms with Gasteiger partial charge in [0.25, 0.3) is 0 Å². The van der Waals surface area contributed by atoms with Crippen molar-refractivity contribution in [2.75, 3.05) is 33.2 Å². The number of aliphatic hydroxyl groups is 1. The largest absolute Gasteiger partial charge is 0.390 e. The molecule has 1 aliphatic rings. The second kappa shape index (κ2) is 8.55. The summed E-state index contributed by atoms with van der Waals surface area (Å²) in [6.45, 7) is 5.11. The summed E-state index contributed by atoms with van der Waals surface area (Å²) in [4.78, 5) is 15.8. The van der Waals surface area contributed by atoms with Crippen LogP contribution in [0, 0.1) is 11.7 Å². The van der Waals surface area contributed by atoms with Crippen molar-refractivity contribution in [1.29, 1.82) is 0 Å². The first-order valence-electron chi connectivity index (χ1n) is 8.52. The quantitative estimate of drug-likeness (QED) is 0.789. The van der Waals surface area contributed by atoms with Crippen molar-refractivity contribution in [2.24, 2.45) is 11.7 Å². The predicted molar refractivity (Wildman–Crippen MR) is 91.8 cm³/mol. The number of hydrogen-bond donors (Lipinski definition) is 2. The molecule has 6 heteroatoms. The highest BCUT2D eigenvalue weighted by molar-refractivity contribution is 5.81. The molecular weight excluding hydrogens is 309 g/mol. The Balaban J connectivity index is 1.95. The highest BCUT2D eigenvalue weighted by atomic mass is 19.1. The molecule has 0 radical (unpaired) electrons. The van der Waals surface area contributed by atoms with Gasteiger partial charge in [0, 0.05) is 13.1 Å². The van der Waals surface area contributed by atoms with Gasteiger partial charge in [-0.15, -0.1) is 0 Å². The first-order chi connectivity index (χ1) is 11.4. The van der Waals surface area contributed by atoms with Crippen LogP contribution >= 0.6 is 0 Å². The van der Waals surface area contributed by atoms with Crippen LogP contribution in [0.25, 0.3) is 0 Å². The van der Waals surface area contributed by atoms with Gasteiger partial charge in [-0.2, -0.15) is 0 Å². The van der Waals surface area contributed by atoms with Crippen LogP contribution in [-0.4, -0.2) is 60.1 Å². The maximum atomic E-state index is 13.4. The Morgan fingerprint density at radius 2 is 2.12 bits per heavy atom. The molecule has 0 bridgehead atoms. The van der Waals surface area contributed by atoms with Crippen LogP contribution in [0.15, 0.2) is 24.3 Å². The molecule has 1 amide bonds. The number of carbonyl (C=O) groups excluding carboxylic acids is 1. The average molecular weight is 337 g/mol. The van der Waals surface area contributed by atoms with Crippen LogP contribution in [-0.2, 0) is 4.79 Å². The molecule has 2 unspecified atom stereocenters. The van der Waals surface area contributed by atoms with E-state index >= 15 is 0 Å². The summed E-state index contributed by atoms with van der Waals surface area (Å²) in [5.74, 6) is -0.217. The minimum absolute atomic E-state index is 0.302. The second-order valence-corrected chi connectivity index (χ2v) is 6.94. The number of hydrogen-bond acceptors (Lipinski definition) is 4. The number of benzene rings is 1. The number of halogens is 1. The van der Waals surface area contributed by atoms with E-state index < -0.39 is 23.9 Å². The normalized spacial score (nSPS) is 19.4. The van der Waals surface area contributed by atoms with Gasteiger partial charge in [-0.3, -0.25) is 9.69 Å². The molecule has 1 aromatic carbocycles. The van der Waals surface area contributed by atoms with Gasteiger partial charge in [0.05, 0.1) is 6.10 Å². The van der Waals surface area contributed by atoms with Gasteiger partial charge in [-0.1, -0.05) is 19.1 Å². The number of aliphatic hydroxyl groups excluding tert-OH is 1. The molecule has 0 aromatic heterocycles. The molecule has 5 nitrogen and oxygen atoms in total. The van der Waals surface area contributed by atoms with Gasteiger partial charge in [0.15, 0.2) is 0 Å². The van der Waals surface area contributed by atoms with E-state index in [1.54, 1.807) is 24.1 Å². The lowest BCUT2D eigenvalue weighted by molar-refractivity contribution is -0.123. The Kier molecular flexibility index (Phi) is 6.71. The SMILES string of the molecule is CC1CCN(CC(O)CN(C)C(C(N)=O)c2cccc(F)c2)CC1. The van der Waals surface area contributed by atoms with E-state index in [0.29, 0.717) is 18.7 Å². The fraction of sp³-hybridized carbons (Fsp3) is 0.611. The third-order valence-corrected chi connectivity index (χ3v) is 4.72. The number of rotatable bonds is 7. The Hall–Kier alpha value is -1.50. The molecule has 1 heterocycles. The first kappa shape index (κ1) is 18.8. The summed E-state index contributed by atoms with van der Waals surface area (Å²) >= 11 is 0. The summed E-state index contributed by atoms with van der Waals surface area (Å²) in [7, 11) is 1.72. The number of β-amino-alcohol motifs (C(OH)–C–C–N with tert-alkyl or cyclic N) is 1. The van der Waals surface area contributed by atoms with E-state index in [-0.39, 0.29) is 0 Å². The Morgan fingerprint density at radius 3 is 2.71 bits per heavy atom. The molecule has 2 rings (SSSR count). The molecule has 1 fully saturated rings. The number of likely N-dealkylation sites (tertiary alicyclic amines) is 1. The third-order valence-electron chi connectivity index (χ3n) is 4.72. The Labute approximate surface area is 143 Å². The van der Waals surface area contributed by atoms with E-state index in [0.717, 1.165) is 31.8 Å². The van der Waals surface area contributed by atoms with E-state index in [9.17, 15) is 14.3 Å². The summed E-state index contributed by atoms with van der Waals surface area (Å²) in [6.07, 6.45) is 1.71. The number of nitrogens with zero attached hydrogens (tertiary/aromatic N) is 2. The van der Waals surface area contributed by atoms with Crippen LogP contribution in [0.1, 0.15) is 31.4 Å². The standard InChI is InChI=1S/C18H28FN3O2/c1-13-6-8-22(9-7-13)12-16(23)11-21(2)17(18(20)24)14-4-3-5-15(19)10-14/h3-5,10,13,16-17,23H,6-9,11-12H2,1-2H3,(H2,20,24).